The molecule has 0 aromatic heterocycles. The number of ketones is 1. The van der Waals surface area contributed by atoms with E-state index in [9.17, 15) is 9.59 Å². The highest BCUT2D eigenvalue weighted by Gasteiger charge is 2.29. The number of carbonyl (C=O) groups is 2. The summed E-state index contributed by atoms with van der Waals surface area (Å²) < 4.78 is 0. The fraction of sp³-hybridized carbons (Fsp3) is 0.273. The van der Waals surface area contributed by atoms with E-state index in [1.807, 2.05) is 0 Å². The quantitative estimate of drug-likeness (QED) is 0.689. The summed E-state index contributed by atoms with van der Waals surface area (Å²) in [5, 5.41) is 17.9. The lowest BCUT2D eigenvalue weighted by Crippen LogP contribution is -2.39. The molecule has 1 unspecified atom stereocenters. The molecule has 0 heterocycles. The number of rotatable bonds is 4. The number of phenolic OH excluding ortho intramolecular Hbond substituents is 1. The molecule has 0 aliphatic rings. The Hall–Kier alpha value is -1.88. The van der Waals surface area contributed by atoms with Gasteiger partial charge in [-0.05, 0) is 24.6 Å². The van der Waals surface area contributed by atoms with E-state index in [-0.39, 0.29) is 11.5 Å². The van der Waals surface area contributed by atoms with Crippen molar-refractivity contribution in [2.75, 3.05) is 0 Å². The molecule has 86 valence electrons. The third-order valence-electron chi connectivity index (χ3n) is 2.33. The number of hydrogen-bond acceptors (Lipinski definition) is 4. The maximum Gasteiger partial charge on any atom is 0.321 e. The van der Waals surface area contributed by atoms with Crippen molar-refractivity contribution in [3.63, 3.8) is 0 Å². The molecule has 5 heteroatoms. The second-order valence-corrected chi connectivity index (χ2v) is 3.54. The Morgan fingerprint density at radius 3 is 2.12 bits per heavy atom. The van der Waals surface area contributed by atoms with Gasteiger partial charge in [0.1, 0.15) is 17.6 Å². The fourth-order valence-electron chi connectivity index (χ4n) is 1.52. The SMILES string of the molecule is CC(=O)C(c1ccc(O)cc1)[C@@H](N)C(=O)O. The molecule has 4 N–H and O–H groups in total. The summed E-state index contributed by atoms with van der Waals surface area (Å²) >= 11 is 0. The molecule has 1 aromatic carbocycles. The van der Waals surface area contributed by atoms with E-state index in [0.29, 0.717) is 5.56 Å². The van der Waals surface area contributed by atoms with Crippen molar-refractivity contribution in [1.82, 2.24) is 0 Å². The molecule has 5 nitrogen and oxygen atoms in total. The van der Waals surface area contributed by atoms with Crippen molar-refractivity contribution in [2.45, 2.75) is 18.9 Å². The molecule has 0 aliphatic carbocycles. The highest BCUT2D eigenvalue weighted by atomic mass is 16.4. The predicted molar refractivity (Wildman–Crippen MR) is 57.1 cm³/mol. The van der Waals surface area contributed by atoms with Gasteiger partial charge >= 0.3 is 5.97 Å². The molecule has 1 rings (SSSR count). The van der Waals surface area contributed by atoms with Crippen LogP contribution in [-0.4, -0.2) is 28.0 Å². The largest absolute Gasteiger partial charge is 0.508 e. The molecule has 0 saturated heterocycles. The second kappa shape index (κ2) is 4.76. The first-order valence-electron chi connectivity index (χ1n) is 4.71. The molecular formula is C11H13NO4. The topological polar surface area (TPSA) is 101 Å². The van der Waals surface area contributed by atoms with Gasteiger partial charge in [0.2, 0.25) is 0 Å². The molecule has 2 atom stereocenters. The molecular weight excluding hydrogens is 210 g/mol. The second-order valence-electron chi connectivity index (χ2n) is 3.54. The Morgan fingerprint density at radius 1 is 1.25 bits per heavy atom. The zero-order chi connectivity index (χ0) is 12.3. The third-order valence-corrected chi connectivity index (χ3v) is 2.33. The van der Waals surface area contributed by atoms with Gasteiger partial charge in [-0.1, -0.05) is 12.1 Å². The number of aromatic hydroxyl groups is 1. The third kappa shape index (κ3) is 2.58. The zero-order valence-electron chi connectivity index (χ0n) is 8.75. The highest BCUT2D eigenvalue weighted by Crippen LogP contribution is 2.22. The summed E-state index contributed by atoms with van der Waals surface area (Å²) in [5.74, 6) is -2.39. The minimum Gasteiger partial charge on any atom is -0.508 e. The normalized spacial score (nSPS) is 14.1. The minimum atomic E-state index is -1.28. The van der Waals surface area contributed by atoms with Crippen LogP contribution in [0, 0.1) is 0 Å². The number of Topliss-reactive ketones (excluding diaryl/α,β-unsaturated/α-hetero) is 1. The van der Waals surface area contributed by atoms with E-state index in [4.69, 9.17) is 15.9 Å². The van der Waals surface area contributed by atoms with Crippen molar-refractivity contribution in [1.29, 1.82) is 0 Å². The van der Waals surface area contributed by atoms with Crippen LogP contribution in [0.3, 0.4) is 0 Å². The summed E-state index contributed by atoms with van der Waals surface area (Å²) in [7, 11) is 0. The molecule has 16 heavy (non-hydrogen) atoms. The van der Waals surface area contributed by atoms with Crippen LogP contribution in [0.5, 0.6) is 5.75 Å². The van der Waals surface area contributed by atoms with Crippen molar-refractivity contribution >= 4 is 11.8 Å². The number of carboxylic acid groups (broad SMARTS) is 1. The summed E-state index contributed by atoms with van der Waals surface area (Å²) in [4.78, 5) is 22.1. The minimum absolute atomic E-state index is 0.0509. The van der Waals surface area contributed by atoms with Crippen LogP contribution in [0.4, 0.5) is 0 Å². The summed E-state index contributed by atoms with van der Waals surface area (Å²) in [5.41, 5.74) is 5.94. The fourth-order valence-corrected chi connectivity index (χ4v) is 1.52. The number of carboxylic acids is 1. The molecule has 0 spiro atoms. The predicted octanol–water partition coefficient (Wildman–Crippen LogP) is 0.477. The van der Waals surface area contributed by atoms with Gasteiger partial charge in [-0.2, -0.15) is 0 Å². The van der Waals surface area contributed by atoms with Crippen LogP contribution in [0.2, 0.25) is 0 Å². The van der Waals surface area contributed by atoms with Crippen LogP contribution in [0.15, 0.2) is 24.3 Å². The van der Waals surface area contributed by atoms with Gasteiger partial charge in [0.25, 0.3) is 0 Å². The average Bonchev–Trinajstić information content (AvgIpc) is 2.20. The van der Waals surface area contributed by atoms with Crippen LogP contribution in [0.25, 0.3) is 0 Å². The highest BCUT2D eigenvalue weighted by molar-refractivity contribution is 5.90. The van der Waals surface area contributed by atoms with Crippen molar-refractivity contribution in [3.05, 3.63) is 29.8 Å². The van der Waals surface area contributed by atoms with E-state index < -0.39 is 17.9 Å². The molecule has 0 radical (unpaired) electrons. The van der Waals surface area contributed by atoms with Gasteiger partial charge < -0.3 is 15.9 Å². The lowest BCUT2D eigenvalue weighted by atomic mass is 9.89. The van der Waals surface area contributed by atoms with Crippen molar-refractivity contribution in [2.24, 2.45) is 5.73 Å². The van der Waals surface area contributed by atoms with Gasteiger partial charge in [-0.3, -0.25) is 9.59 Å². The Bertz CT molecular complexity index is 399. The Kier molecular flexibility index (Phi) is 3.63. The average molecular weight is 223 g/mol. The van der Waals surface area contributed by atoms with E-state index in [2.05, 4.69) is 0 Å². The monoisotopic (exact) mass is 223 g/mol. The van der Waals surface area contributed by atoms with E-state index in [1.165, 1.54) is 31.2 Å². The van der Waals surface area contributed by atoms with Gasteiger partial charge in [0.15, 0.2) is 0 Å². The number of benzene rings is 1. The first-order chi connectivity index (χ1) is 7.43. The summed E-state index contributed by atoms with van der Waals surface area (Å²) in [6, 6.07) is 4.48. The van der Waals surface area contributed by atoms with E-state index >= 15 is 0 Å². The molecule has 0 saturated carbocycles. The Morgan fingerprint density at radius 2 is 1.75 bits per heavy atom. The number of carbonyl (C=O) groups excluding carboxylic acids is 1. The first-order valence-corrected chi connectivity index (χ1v) is 4.71. The standard InChI is InChI=1S/C11H13NO4/c1-6(13)9(10(12)11(15)16)7-2-4-8(14)5-3-7/h2-5,9-10,14H,12H2,1H3,(H,15,16)/t9?,10-/m1/s1. The zero-order valence-corrected chi connectivity index (χ0v) is 8.75. The molecule has 0 fully saturated rings. The van der Waals surface area contributed by atoms with E-state index in [0.717, 1.165) is 0 Å². The van der Waals surface area contributed by atoms with Crippen molar-refractivity contribution in [3.8, 4) is 5.75 Å². The maximum absolute atomic E-state index is 11.4. The summed E-state index contributed by atoms with van der Waals surface area (Å²) in [6.45, 7) is 1.29. The Labute approximate surface area is 92.5 Å². The van der Waals surface area contributed by atoms with Gasteiger partial charge in [0, 0.05) is 0 Å². The number of aliphatic carboxylic acids is 1. The van der Waals surface area contributed by atoms with E-state index in [1.54, 1.807) is 0 Å². The van der Waals surface area contributed by atoms with Gasteiger partial charge in [0.05, 0.1) is 5.92 Å². The Balaban J connectivity index is 3.07. The van der Waals surface area contributed by atoms with Crippen LogP contribution >= 0.6 is 0 Å². The maximum atomic E-state index is 11.4. The summed E-state index contributed by atoms with van der Waals surface area (Å²) in [6.07, 6.45) is 0. The van der Waals surface area contributed by atoms with Gasteiger partial charge in [-0.25, -0.2) is 0 Å². The first kappa shape index (κ1) is 12.2. The lowest BCUT2D eigenvalue weighted by Gasteiger charge is -2.18. The number of nitrogens with two attached hydrogens (primary N) is 1. The lowest BCUT2D eigenvalue weighted by molar-refractivity contribution is -0.140. The van der Waals surface area contributed by atoms with Crippen LogP contribution < -0.4 is 5.73 Å². The molecule has 1 aromatic rings. The smallest absolute Gasteiger partial charge is 0.321 e. The molecule has 0 bridgehead atoms. The number of phenols is 1. The molecule has 0 amide bonds. The van der Waals surface area contributed by atoms with Gasteiger partial charge in [-0.15, -0.1) is 0 Å². The number of hydrogen-bond donors (Lipinski definition) is 3. The van der Waals surface area contributed by atoms with Crippen LogP contribution in [0.1, 0.15) is 18.4 Å². The molecule has 0 aliphatic heterocycles. The van der Waals surface area contributed by atoms with Crippen LogP contribution in [-0.2, 0) is 9.59 Å². The van der Waals surface area contributed by atoms with Crippen molar-refractivity contribution < 1.29 is 19.8 Å².